The molecule has 0 spiro atoms. The van der Waals surface area contributed by atoms with Gasteiger partial charge in [0, 0.05) is 0 Å². The van der Waals surface area contributed by atoms with Gasteiger partial charge in [-0.15, -0.1) is 0 Å². The molecule has 1 aliphatic heterocycles. The van der Waals surface area contributed by atoms with Gasteiger partial charge in [-0.1, -0.05) is 162 Å². The van der Waals surface area contributed by atoms with E-state index in [0.29, 0.717) is 0 Å². The van der Waals surface area contributed by atoms with Gasteiger partial charge in [0.2, 0.25) is 0 Å². The van der Waals surface area contributed by atoms with E-state index < -0.39 is 24.0 Å². The van der Waals surface area contributed by atoms with Crippen molar-refractivity contribution in [1.29, 1.82) is 0 Å². The van der Waals surface area contributed by atoms with Crippen LogP contribution in [-0.2, 0) is 2.77 Å². The van der Waals surface area contributed by atoms with Gasteiger partial charge in [0.15, 0.2) is 0 Å². The van der Waals surface area contributed by atoms with Crippen LogP contribution >= 0.6 is 0 Å². The van der Waals surface area contributed by atoms with Crippen LogP contribution in [0.25, 0.3) is 0 Å². The van der Waals surface area contributed by atoms with Gasteiger partial charge in [-0.05, 0) is 45.3 Å². The van der Waals surface area contributed by atoms with E-state index in [1.165, 1.54) is 301 Å². The van der Waals surface area contributed by atoms with Gasteiger partial charge < -0.3 is 4.90 Å². The molecule has 0 N–H and O–H groups in total. The molecule has 0 amide bonds. The Morgan fingerprint density at radius 1 is 0.441 bits per heavy atom. The molecular formula is C54H109N3OPo. The molecule has 1 aliphatic rings. The van der Waals surface area contributed by atoms with E-state index in [4.69, 9.17) is 2.77 Å². The minimum absolute atomic E-state index is 0.511. The van der Waals surface area contributed by atoms with Crippen LogP contribution in [0.3, 0.4) is 0 Å². The van der Waals surface area contributed by atoms with Crippen LogP contribution in [0.5, 0.6) is 0 Å². The Morgan fingerprint density at radius 3 is 1.27 bits per heavy atom. The molecule has 0 aromatic heterocycles. The number of unbranched alkanes of at least 4 members (excludes halogenated alkanes) is 27. The van der Waals surface area contributed by atoms with Crippen molar-refractivity contribution in [3.05, 3.63) is 11.6 Å². The van der Waals surface area contributed by atoms with Gasteiger partial charge in [0.25, 0.3) is 0 Å². The summed E-state index contributed by atoms with van der Waals surface area (Å²) in [6.07, 6.45) is 54.9. The monoisotopic (exact) mass is 1020 g/mol. The molecule has 1 rings (SSSR count). The summed E-state index contributed by atoms with van der Waals surface area (Å²) in [4.78, 5) is 8.47. The van der Waals surface area contributed by atoms with Crippen molar-refractivity contribution in [3.63, 3.8) is 0 Å². The van der Waals surface area contributed by atoms with Gasteiger partial charge >= 0.3 is 176 Å². The Balaban J connectivity index is 2.39. The summed E-state index contributed by atoms with van der Waals surface area (Å²) in [6.45, 7) is 21.9. The molecule has 352 valence electrons. The van der Waals surface area contributed by atoms with Crippen molar-refractivity contribution < 1.29 is 2.77 Å². The van der Waals surface area contributed by atoms with Crippen LogP contribution in [0.2, 0.25) is 4.08 Å². The first-order valence-electron chi connectivity index (χ1n) is 27.3. The van der Waals surface area contributed by atoms with Crippen molar-refractivity contribution in [2.45, 2.75) is 269 Å². The van der Waals surface area contributed by atoms with Gasteiger partial charge in [-0.25, -0.2) is 0 Å². The molecule has 0 fully saturated rings. The van der Waals surface area contributed by atoms with Crippen LogP contribution in [-0.4, -0.2) is 104 Å². The fourth-order valence-electron chi connectivity index (χ4n) is 9.15. The van der Waals surface area contributed by atoms with Crippen LogP contribution in [0, 0.1) is 0 Å². The van der Waals surface area contributed by atoms with Crippen LogP contribution < -0.4 is 0 Å². The van der Waals surface area contributed by atoms with E-state index in [9.17, 15) is 0 Å². The molecule has 0 atom stereocenters. The Hall–Kier alpha value is 0.476. The van der Waals surface area contributed by atoms with Crippen molar-refractivity contribution >= 4 is 24.0 Å². The van der Waals surface area contributed by atoms with E-state index in [-0.39, 0.29) is 0 Å². The first-order chi connectivity index (χ1) is 29.2. The van der Waals surface area contributed by atoms with E-state index in [1.807, 2.05) is 0 Å². The van der Waals surface area contributed by atoms with Crippen LogP contribution in [0.4, 0.5) is 0 Å². The molecule has 0 saturated heterocycles. The zero-order valence-corrected chi connectivity index (χ0v) is 44.4. The molecule has 0 saturated carbocycles. The van der Waals surface area contributed by atoms with E-state index in [1.54, 1.807) is 5.57 Å². The molecule has 4 nitrogen and oxygen atoms in total. The van der Waals surface area contributed by atoms with E-state index in [0.717, 1.165) is 6.61 Å². The summed E-state index contributed by atoms with van der Waals surface area (Å²) in [5.41, 5.74) is 1.76. The normalized spacial score (nSPS) is 13.9. The number of nitrogens with zero attached hydrogens (tertiary/aromatic N) is 3. The SMILES string of the molecule is CCCCCCCCCCCCN(CCCCCCCCCCCC)CCCC1=CCCN(CCCN(CCCCCCCCCCCC)CCC[O][Po][CH2]CC)CC1. The zero-order valence-electron chi connectivity index (χ0n) is 41.2. The maximum atomic E-state index is 6.11. The van der Waals surface area contributed by atoms with Crippen molar-refractivity contribution in [1.82, 2.24) is 14.7 Å². The summed E-state index contributed by atoms with van der Waals surface area (Å²) in [7, 11) is 0. The molecule has 0 radical (unpaired) electrons. The quantitative estimate of drug-likeness (QED) is 0.0447. The van der Waals surface area contributed by atoms with Crippen LogP contribution in [0.1, 0.15) is 265 Å². The zero-order chi connectivity index (χ0) is 42.4. The molecule has 5 heteroatoms. The van der Waals surface area contributed by atoms with E-state index in [2.05, 4.69) is 48.5 Å². The van der Waals surface area contributed by atoms with Gasteiger partial charge in [-0.3, -0.25) is 0 Å². The molecule has 0 aromatic rings. The topological polar surface area (TPSA) is 19.0 Å². The van der Waals surface area contributed by atoms with Gasteiger partial charge in [-0.2, -0.15) is 0 Å². The predicted octanol–water partition coefficient (Wildman–Crippen LogP) is 16.4. The summed E-state index contributed by atoms with van der Waals surface area (Å²) in [5.74, 6) is 0. The third kappa shape index (κ3) is 41.0. The number of hydrogen-bond donors (Lipinski definition) is 0. The van der Waals surface area contributed by atoms with Gasteiger partial charge in [0.1, 0.15) is 0 Å². The van der Waals surface area contributed by atoms with Crippen LogP contribution in [0.15, 0.2) is 11.6 Å². The number of rotatable bonds is 48. The Kier molecular flexibility index (Phi) is 46.7. The predicted molar refractivity (Wildman–Crippen MR) is 267 cm³/mol. The molecule has 1 heterocycles. The minimum atomic E-state index is -0.511. The standard InChI is InChI=1S/C51H102N3O.C3H7.Po/c1-4-7-10-13-16-19-22-25-28-31-41-52(42-32-29-26-23-20-17-14-11-8-5-2)44-34-38-51-39-35-45-54(49-40-51)47-36-46-53(48-37-50-55)43-33-30-27-24-21-18-15-12-9-6-3;1-3-2;/h39H,4-38,40-50H2,1-3H3;1,3H2,2H3;/q-1;;+1. The Labute approximate surface area is 385 Å². The second-order valence-corrected chi connectivity index (χ2v) is 22.3. The van der Waals surface area contributed by atoms with Crippen molar-refractivity contribution in [2.24, 2.45) is 0 Å². The fourth-order valence-corrected chi connectivity index (χ4v) is 11.2. The second-order valence-electron chi connectivity index (χ2n) is 18.9. The molecule has 0 aliphatic carbocycles. The maximum absolute atomic E-state index is 6.11. The molecule has 59 heavy (non-hydrogen) atoms. The average molecular weight is 1030 g/mol. The van der Waals surface area contributed by atoms with E-state index >= 15 is 0 Å². The molecular weight excluding hydrogens is 916 g/mol. The Morgan fingerprint density at radius 2 is 0.831 bits per heavy atom. The summed E-state index contributed by atoms with van der Waals surface area (Å²) in [6, 6.07) is 0. The second kappa shape index (κ2) is 47.9. The first kappa shape index (κ1) is 57.5. The summed E-state index contributed by atoms with van der Waals surface area (Å²) >= 11 is -0.511. The Bertz CT molecular complexity index is 814. The van der Waals surface area contributed by atoms with Gasteiger partial charge in [0.05, 0.1) is 0 Å². The average Bonchev–Trinajstić information content (AvgIpc) is 3.48. The summed E-state index contributed by atoms with van der Waals surface area (Å²) in [5, 5.41) is 0. The molecule has 0 aromatic carbocycles. The fraction of sp³-hybridized carbons (Fsp3) is 0.963. The molecule has 0 unspecified atom stereocenters. The third-order valence-corrected chi connectivity index (χ3v) is 16.6. The molecule has 0 bridgehead atoms. The third-order valence-electron chi connectivity index (χ3n) is 13.1. The number of hydrogen-bond acceptors (Lipinski definition) is 4. The summed E-state index contributed by atoms with van der Waals surface area (Å²) < 4.78 is 7.47. The van der Waals surface area contributed by atoms with Crippen molar-refractivity contribution in [2.75, 3.05) is 65.5 Å². The first-order valence-corrected chi connectivity index (χ1v) is 30.9. The van der Waals surface area contributed by atoms with Crippen molar-refractivity contribution in [3.8, 4) is 0 Å².